The molecule has 4 aliphatic carbocycles. The van der Waals surface area contributed by atoms with Crippen molar-refractivity contribution in [1.29, 1.82) is 0 Å². The molecule has 0 bridgehead atoms. The Morgan fingerprint density at radius 2 is 1.93 bits per heavy atom. The molecule has 0 saturated heterocycles. The lowest BCUT2D eigenvalue weighted by Crippen LogP contribution is -2.62. The normalized spacial score (nSPS) is 45.1. The van der Waals surface area contributed by atoms with Gasteiger partial charge in [0.25, 0.3) is 0 Å². The molecule has 3 fully saturated rings. The Balaban J connectivity index is 1.71. The maximum Gasteiger partial charge on any atom is 0.348 e. The minimum absolute atomic E-state index is 0.0135. The third-order valence-corrected chi connectivity index (χ3v) is 9.10. The van der Waals surface area contributed by atoms with Crippen molar-refractivity contribution < 1.29 is 29.3 Å². The van der Waals surface area contributed by atoms with E-state index in [0.717, 1.165) is 24.8 Å². The molecule has 0 heterocycles. The third kappa shape index (κ3) is 2.82. The van der Waals surface area contributed by atoms with E-state index in [1.165, 1.54) is 0 Å². The van der Waals surface area contributed by atoms with Crippen molar-refractivity contribution in [3.63, 3.8) is 0 Å². The van der Waals surface area contributed by atoms with E-state index < -0.39 is 29.1 Å². The number of aliphatic carboxylic acids is 1. The van der Waals surface area contributed by atoms with Crippen LogP contribution in [0.1, 0.15) is 78.6 Å². The van der Waals surface area contributed by atoms with Crippen molar-refractivity contribution in [2.45, 2.75) is 90.3 Å². The van der Waals surface area contributed by atoms with E-state index in [9.17, 15) is 24.6 Å². The molecule has 0 spiro atoms. The average Bonchev–Trinajstić information content (AvgIpc) is 2.95. The molecule has 4 aliphatic rings. The van der Waals surface area contributed by atoms with Crippen LogP contribution in [0.4, 0.5) is 0 Å². The predicted octanol–water partition coefficient (Wildman–Crippen LogP) is 3.66. The zero-order chi connectivity index (χ0) is 21.9. The second-order valence-electron chi connectivity index (χ2n) is 10.5. The van der Waals surface area contributed by atoms with Gasteiger partial charge in [0.1, 0.15) is 0 Å². The van der Waals surface area contributed by atoms with Gasteiger partial charge in [0.15, 0.2) is 5.78 Å². The number of hydrogen-bond acceptors (Lipinski definition) is 5. The molecular weight excluding hydrogens is 384 g/mol. The Kier molecular flexibility index (Phi) is 5.16. The van der Waals surface area contributed by atoms with Gasteiger partial charge in [-0.2, -0.15) is 0 Å². The largest absolute Gasteiger partial charge is 0.478 e. The van der Waals surface area contributed by atoms with Crippen LogP contribution in [0.15, 0.2) is 11.6 Å². The molecule has 3 saturated carbocycles. The summed E-state index contributed by atoms with van der Waals surface area (Å²) in [5.41, 5.74) is -1.44. The monoisotopic (exact) mass is 418 g/mol. The number of esters is 1. The highest BCUT2D eigenvalue weighted by Gasteiger charge is 2.71. The molecule has 7 atom stereocenters. The smallest absolute Gasteiger partial charge is 0.348 e. The maximum absolute atomic E-state index is 12.5. The SMILES string of the molecule is CCCC(=O)OC1(C(=O)O)CC[C@H]2[C@@H]3CCC4=CC(=O)CC[C@]4(C)[C@@H]3C(O)C[C@@]21C. The molecule has 0 amide bonds. The van der Waals surface area contributed by atoms with E-state index in [2.05, 4.69) is 6.92 Å². The fraction of sp³-hybridized carbons (Fsp3) is 0.792. The molecule has 6 heteroatoms. The van der Waals surface area contributed by atoms with E-state index in [0.29, 0.717) is 32.1 Å². The average molecular weight is 419 g/mol. The summed E-state index contributed by atoms with van der Waals surface area (Å²) in [7, 11) is 0. The minimum Gasteiger partial charge on any atom is -0.478 e. The Morgan fingerprint density at radius 1 is 1.20 bits per heavy atom. The second kappa shape index (κ2) is 7.18. The van der Waals surface area contributed by atoms with Gasteiger partial charge in [-0.3, -0.25) is 9.59 Å². The van der Waals surface area contributed by atoms with Crippen molar-refractivity contribution in [3.05, 3.63) is 11.6 Å². The van der Waals surface area contributed by atoms with Crippen molar-refractivity contribution >= 4 is 17.7 Å². The fourth-order valence-corrected chi connectivity index (χ4v) is 7.69. The first-order valence-electron chi connectivity index (χ1n) is 11.5. The summed E-state index contributed by atoms with van der Waals surface area (Å²) < 4.78 is 5.74. The van der Waals surface area contributed by atoms with Crippen LogP contribution in [0.5, 0.6) is 0 Å². The molecule has 2 N–H and O–H groups in total. The van der Waals surface area contributed by atoms with Gasteiger partial charge < -0.3 is 14.9 Å². The summed E-state index contributed by atoms with van der Waals surface area (Å²) in [6.07, 6.45) is 6.12. The highest BCUT2D eigenvalue weighted by atomic mass is 16.6. The number of carboxylic acids is 1. The van der Waals surface area contributed by atoms with Crippen LogP contribution in [0.3, 0.4) is 0 Å². The summed E-state index contributed by atoms with van der Waals surface area (Å²) in [4.78, 5) is 36.9. The quantitative estimate of drug-likeness (QED) is 0.676. The number of allylic oxidation sites excluding steroid dienone is 1. The van der Waals surface area contributed by atoms with E-state index >= 15 is 0 Å². The number of aliphatic hydroxyl groups excluding tert-OH is 1. The number of rotatable bonds is 4. The fourth-order valence-electron chi connectivity index (χ4n) is 7.69. The first-order chi connectivity index (χ1) is 14.1. The summed E-state index contributed by atoms with van der Waals surface area (Å²) in [5, 5.41) is 21.6. The molecule has 0 radical (unpaired) electrons. The van der Waals surface area contributed by atoms with Crippen molar-refractivity contribution in [2.24, 2.45) is 28.6 Å². The first-order valence-corrected chi connectivity index (χ1v) is 11.5. The lowest BCUT2D eigenvalue weighted by Gasteiger charge is -2.60. The Hall–Kier alpha value is -1.69. The van der Waals surface area contributed by atoms with Gasteiger partial charge in [0.2, 0.25) is 5.60 Å². The van der Waals surface area contributed by atoms with Gasteiger partial charge >= 0.3 is 11.9 Å². The number of ketones is 1. The highest BCUT2D eigenvalue weighted by molar-refractivity contribution is 5.91. The van der Waals surface area contributed by atoms with Crippen LogP contribution in [-0.2, 0) is 19.1 Å². The minimum atomic E-state index is -1.57. The van der Waals surface area contributed by atoms with Gasteiger partial charge in [-0.05, 0) is 74.2 Å². The third-order valence-electron chi connectivity index (χ3n) is 9.10. The molecule has 0 aliphatic heterocycles. The van der Waals surface area contributed by atoms with Crippen LogP contribution in [0, 0.1) is 28.6 Å². The van der Waals surface area contributed by atoms with Crippen molar-refractivity contribution in [3.8, 4) is 0 Å². The summed E-state index contributed by atoms with van der Waals surface area (Å²) in [5.74, 6) is -1.13. The van der Waals surface area contributed by atoms with Gasteiger partial charge in [-0.1, -0.05) is 26.3 Å². The molecule has 166 valence electrons. The summed E-state index contributed by atoms with van der Waals surface area (Å²) in [6, 6.07) is 0. The summed E-state index contributed by atoms with van der Waals surface area (Å²) in [6.45, 7) is 5.95. The van der Waals surface area contributed by atoms with Crippen LogP contribution in [-0.4, -0.2) is 39.6 Å². The Labute approximate surface area is 178 Å². The number of hydrogen-bond donors (Lipinski definition) is 2. The van der Waals surface area contributed by atoms with Crippen LogP contribution in [0.25, 0.3) is 0 Å². The van der Waals surface area contributed by atoms with E-state index in [1.807, 2.05) is 13.8 Å². The molecule has 0 aromatic rings. The molecule has 30 heavy (non-hydrogen) atoms. The number of aliphatic hydroxyl groups is 1. The maximum atomic E-state index is 12.5. The number of carboxylic acid groups (broad SMARTS) is 1. The zero-order valence-electron chi connectivity index (χ0n) is 18.3. The molecule has 6 nitrogen and oxygen atoms in total. The van der Waals surface area contributed by atoms with E-state index in [1.54, 1.807) is 6.08 Å². The van der Waals surface area contributed by atoms with Gasteiger partial charge in [0, 0.05) is 18.3 Å². The zero-order valence-corrected chi connectivity index (χ0v) is 18.3. The lowest BCUT2D eigenvalue weighted by atomic mass is 9.45. The number of carbonyl (C=O) groups is 3. The van der Waals surface area contributed by atoms with Crippen molar-refractivity contribution in [1.82, 2.24) is 0 Å². The Bertz CT molecular complexity index is 802. The van der Waals surface area contributed by atoms with Crippen molar-refractivity contribution in [2.75, 3.05) is 0 Å². The van der Waals surface area contributed by atoms with Gasteiger partial charge in [0.05, 0.1) is 6.10 Å². The number of ether oxygens (including phenoxy) is 1. The number of fused-ring (bicyclic) bond motifs is 5. The topological polar surface area (TPSA) is 101 Å². The molecular formula is C24H34O6. The van der Waals surface area contributed by atoms with Crippen LogP contribution in [0.2, 0.25) is 0 Å². The second-order valence-corrected chi connectivity index (χ2v) is 10.5. The molecule has 0 aromatic carbocycles. The molecule has 4 rings (SSSR count). The standard InChI is InChI=1S/C24H34O6/c1-4-5-19(27)30-24(21(28)29)11-9-17-16-7-6-14-12-15(25)8-10-22(14,2)20(16)18(26)13-23(17,24)3/h12,16-18,20,26H,4-11,13H2,1-3H3,(H,28,29)/t16-,17-,18?,20-,22-,23-,24?/m0/s1. The molecule has 0 aromatic heterocycles. The first kappa shape index (κ1) is 21.5. The number of carbonyl (C=O) groups excluding carboxylic acids is 2. The highest BCUT2D eigenvalue weighted by Crippen LogP contribution is 2.68. The van der Waals surface area contributed by atoms with Gasteiger partial charge in [-0.15, -0.1) is 0 Å². The van der Waals surface area contributed by atoms with E-state index in [-0.39, 0.29) is 35.4 Å². The van der Waals surface area contributed by atoms with Crippen LogP contribution < -0.4 is 0 Å². The Morgan fingerprint density at radius 3 is 2.60 bits per heavy atom. The van der Waals surface area contributed by atoms with E-state index in [4.69, 9.17) is 4.74 Å². The van der Waals surface area contributed by atoms with Crippen LogP contribution >= 0.6 is 0 Å². The molecule has 2 unspecified atom stereocenters. The van der Waals surface area contributed by atoms with Gasteiger partial charge in [-0.25, -0.2) is 4.79 Å². The lowest BCUT2D eigenvalue weighted by molar-refractivity contribution is -0.211. The summed E-state index contributed by atoms with van der Waals surface area (Å²) >= 11 is 0. The predicted molar refractivity (Wildman–Crippen MR) is 109 cm³/mol.